The highest BCUT2D eigenvalue weighted by Gasteiger charge is 2.19. The van der Waals surface area contributed by atoms with Crippen LogP contribution in [0.15, 0.2) is 192 Å². The van der Waals surface area contributed by atoms with Gasteiger partial charge in [-0.05, 0) is 98.8 Å². The van der Waals surface area contributed by atoms with Crippen LogP contribution in [0, 0.1) is 0 Å². The van der Waals surface area contributed by atoms with Crippen molar-refractivity contribution in [2.75, 3.05) is 4.90 Å². The minimum absolute atomic E-state index is 0.877. The molecule has 0 unspecified atom stereocenters. The topological polar surface area (TPSA) is 16.4 Å². The molecule has 8 aromatic carbocycles. The van der Waals surface area contributed by atoms with Gasteiger partial charge in [0.15, 0.2) is 0 Å². The summed E-state index contributed by atoms with van der Waals surface area (Å²) in [6.07, 6.45) is 0. The second kappa shape index (κ2) is 11.8. The van der Waals surface area contributed by atoms with Gasteiger partial charge in [-0.25, -0.2) is 0 Å². The Morgan fingerprint density at radius 3 is 1.44 bits per heavy atom. The highest BCUT2D eigenvalue weighted by atomic mass is 16.3. The van der Waals surface area contributed by atoms with Gasteiger partial charge in [0, 0.05) is 16.8 Å². The molecular weight excluding hydrogens is 583 g/mol. The van der Waals surface area contributed by atoms with Crippen LogP contribution in [0.2, 0.25) is 0 Å². The molecule has 2 heteroatoms. The lowest BCUT2D eigenvalue weighted by Crippen LogP contribution is -2.10. The highest BCUT2D eigenvalue weighted by Crippen LogP contribution is 2.43. The number of fused-ring (bicyclic) bond motifs is 4. The molecule has 9 aromatic rings. The second-order valence-electron chi connectivity index (χ2n) is 12.2. The Labute approximate surface area is 279 Å². The first-order valence-corrected chi connectivity index (χ1v) is 16.3. The zero-order chi connectivity index (χ0) is 31.9. The predicted octanol–water partition coefficient (Wildman–Crippen LogP) is 13.2. The highest BCUT2D eigenvalue weighted by molar-refractivity contribution is 6.13. The summed E-state index contributed by atoms with van der Waals surface area (Å²) in [4.78, 5) is 2.34. The maximum absolute atomic E-state index is 6.31. The van der Waals surface area contributed by atoms with Gasteiger partial charge in [0.05, 0.1) is 11.1 Å². The van der Waals surface area contributed by atoms with Crippen LogP contribution in [0.5, 0.6) is 0 Å². The van der Waals surface area contributed by atoms with Crippen LogP contribution in [0.4, 0.5) is 17.1 Å². The molecule has 0 N–H and O–H groups in total. The van der Waals surface area contributed by atoms with Crippen molar-refractivity contribution in [3.63, 3.8) is 0 Å². The van der Waals surface area contributed by atoms with E-state index in [0.29, 0.717) is 0 Å². The Morgan fingerprint density at radius 1 is 0.333 bits per heavy atom. The summed E-state index contributed by atoms with van der Waals surface area (Å²) in [7, 11) is 0. The Balaban J connectivity index is 1.14. The van der Waals surface area contributed by atoms with Gasteiger partial charge in [0.25, 0.3) is 0 Å². The summed E-state index contributed by atoms with van der Waals surface area (Å²) in [5.74, 6) is 0. The van der Waals surface area contributed by atoms with Gasteiger partial charge in [0.2, 0.25) is 0 Å². The van der Waals surface area contributed by atoms with E-state index >= 15 is 0 Å². The number of hydrogen-bond acceptors (Lipinski definition) is 2. The van der Waals surface area contributed by atoms with Crippen molar-refractivity contribution in [3.05, 3.63) is 188 Å². The molecule has 0 saturated carbocycles. The molecule has 2 nitrogen and oxygen atoms in total. The molecule has 0 aliphatic rings. The summed E-state index contributed by atoms with van der Waals surface area (Å²) >= 11 is 0. The maximum atomic E-state index is 6.31. The second-order valence-corrected chi connectivity index (χ2v) is 12.2. The van der Waals surface area contributed by atoms with Crippen molar-refractivity contribution >= 4 is 49.8 Å². The number of furan rings is 1. The SMILES string of the molecule is c1ccc(-c2ccc(N(c3ccc(-c4ccc5ccc(-c6ccccc6)cc5c4)cc3)c3cccc4oc5ccccc5c34)cc2)cc1. The summed E-state index contributed by atoms with van der Waals surface area (Å²) in [5.41, 5.74) is 12.2. The monoisotopic (exact) mass is 613 g/mol. The molecule has 9 rings (SSSR count). The summed E-state index contributed by atoms with van der Waals surface area (Å²) in [5, 5.41) is 4.68. The van der Waals surface area contributed by atoms with Crippen LogP contribution >= 0.6 is 0 Å². The molecule has 0 spiro atoms. The number of anilines is 3. The van der Waals surface area contributed by atoms with E-state index in [1.54, 1.807) is 0 Å². The average molecular weight is 614 g/mol. The molecule has 0 amide bonds. The molecule has 0 radical (unpaired) electrons. The number of hydrogen-bond donors (Lipinski definition) is 0. The van der Waals surface area contributed by atoms with E-state index in [0.717, 1.165) is 39.0 Å². The number of benzene rings is 8. The van der Waals surface area contributed by atoms with Crippen molar-refractivity contribution in [1.82, 2.24) is 0 Å². The third kappa shape index (κ3) is 5.01. The zero-order valence-corrected chi connectivity index (χ0v) is 26.3. The van der Waals surface area contributed by atoms with E-state index in [2.05, 4.69) is 181 Å². The molecule has 48 heavy (non-hydrogen) atoms. The van der Waals surface area contributed by atoms with Crippen molar-refractivity contribution in [1.29, 1.82) is 0 Å². The first-order chi connectivity index (χ1) is 23.8. The first kappa shape index (κ1) is 27.9. The summed E-state index contributed by atoms with van der Waals surface area (Å²) in [6, 6.07) is 66.9. The number of nitrogens with zero attached hydrogens (tertiary/aromatic N) is 1. The van der Waals surface area contributed by atoms with Crippen LogP contribution in [0.25, 0.3) is 66.1 Å². The molecule has 1 heterocycles. The number of para-hydroxylation sites is 1. The van der Waals surface area contributed by atoms with Gasteiger partial charge >= 0.3 is 0 Å². The Hall–Kier alpha value is -6.38. The van der Waals surface area contributed by atoms with Gasteiger partial charge < -0.3 is 9.32 Å². The van der Waals surface area contributed by atoms with Crippen LogP contribution in [0.3, 0.4) is 0 Å². The molecule has 0 aliphatic carbocycles. The van der Waals surface area contributed by atoms with Crippen LogP contribution in [-0.4, -0.2) is 0 Å². The normalized spacial score (nSPS) is 11.3. The lowest BCUT2D eigenvalue weighted by Gasteiger charge is -2.26. The van der Waals surface area contributed by atoms with Crippen LogP contribution in [0.1, 0.15) is 0 Å². The van der Waals surface area contributed by atoms with Gasteiger partial charge in [-0.3, -0.25) is 0 Å². The van der Waals surface area contributed by atoms with Gasteiger partial charge in [0.1, 0.15) is 11.2 Å². The fourth-order valence-electron chi connectivity index (χ4n) is 6.84. The third-order valence-corrected chi connectivity index (χ3v) is 9.26. The standard InChI is InChI=1S/C46H31NO/c1-3-10-32(11-4-1)34-22-26-40(27-23-34)47(43-15-9-17-45-46(43)42-14-7-8-16-44(42)48-45)41-28-24-35(25-29-41)38-21-19-36-18-20-37(30-39(36)31-38)33-12-5-2-6-13-33/h1-31H. The van der Waals surface area contributed by atoms with E-state index in [1.807, 2.05) is 12.1 Å². The molecule has 0 saturated heterocycles. The van der Waals surface area contributed by atoms with E-state index in [4.69, 9.17) is 4.42 Å². The van der Waals surface area contributed by atoms with Crippen molar-refractivity contribution in [2.45, 2.75) is 0 Å². The lowest BCUT2D eigenvalue weighted by atomic mass is 9.97. The molecule has 0 atom stereocenters. The smallest absolute Gasteiger partial charge is 0.137 e. The fourth-order valence-corrected chi connectivity index (χ4v) is 6.84. The van der Waals surface area contributed by atoms with Crippen molar-refractivity contribution in [3.8, 4) is 33.4 Å². The quantitative estimate of drug-likeness (QED) is 0.185. The first-order valence-electron chi connectivity index (χ1n) is 16.3. The van der Waals surface area contributed by atoms with Crippen molar-refractivity contribution < 1.29 is 4.42 Å². The van der Waals surface area contributed by atoms with Crippen molar-refractivity contribution in [2.24, 2.45) is 0 Å². The predicted molar refractivity (Wildman–Crippen MR) is 202 cm³/mol. The van der Waals surface area contributed by atoms with Crippen LogP contribution < -0.4 is 4.90 Å². The third-order valence-electron chi connectivity index (χ3n) is 9.26. The zero-order valence-electron chi connectivity index (χ0n) is 26.3. The summed E-state index contributed by atoms with van der Waals surface area (Å²) < 4.78 is 6.31. The minimum atomic E-state index is 0.877. The fraction of sp³-hybridized carbons (Fsp3) is 0. The molecule has 1 aromatic heterocycles. The summed E-state index contributed by atoms with van der Waals surface area (Å²) in [6.45, 7) is 0. The van der Waals surface area contributed by atoms with Gasteiger partial charge in [-0.2, -0.15) is 0 Å². The average Bonchev–Trinajstić information content (AvgIpc) is 3.55. The van der Waals surface area contributed by atoms with E-state index < -0.39 is 0 Å². The lowest BCUT2D eigenvalue weighted by molar-refractivity contribution is 0.669. The maximum Gasteiger partial charge on any atom is 0.137 e. The van der Waals surface area contributed by atoms with Gasteiger partial charge in [-0.1, -0.05) is 133 Å². The van der Waals surface area contributed by atoms with E-state index in [1.165, 1.54) is 44.2 Å². The molecule has 0 fully saturated rings. The van der Waals surface area contributed by atoms with Crippen LogP contribution in [-0.2, 0) is 0 Å². The minimum Gasteiger partial charge on any atom is -0.456 e. The molecule has 0 aliphatic heterocycles. The Bertz CT molecular complexity index is 2530. The van der Waals surface area contributed by atoms with E-state index in [9.17, 15) is 0 Å². The Kier molecular flexibility index (Phi) is 6.84. The Morgan fingerprint density at radius 2 is 0.812 bits per heavy atom. The molecule has 0 bridgehead atoms. The van der Waals surface area contributed by atoms with Gasteiger partial charge in [-0.15, -0.1) is 0 Å². The van der Waals surface area contributed by atoms with E-state index in [-0.39, 0.29) is 0 Å². The molecular formula is C46H31NO. The molecule has 226 valence electrons. The largest absolute Gasteiger partial charge is 0.456 e. The number of rotatable bonds is 6.